The van der Waals surface area contributed by atoms with Crippen molar-refractivity contribution in [2.24, 2.45) is 0 Å². The summed E-state index contributed by atoms with van der Waals surface area (Å²) < 4.78 is 32.3. The van der Waals surface area contributed by atoms with Gasteiger partial charge in [0, 0.05) is 12.0 Å². The monoisotopic (exact) mass is 465 g/mol. The number of fused-ring (bicyclic) bond motifs is 1. The molecule has 0 spiro atoms. The Bertz CT molecular complexity index is 1260. The summed E-state index contributed by atoms with van der Waals surface area (Å²) in [5.74, 6) is -0.216. The number of hydrogen-bond donors (Lipinski definition) is 1. The number of carbonyl (C=O) groups excluding carboxylic acids is 1. The number of ketones is 1. The van der Waals surface area contributed by atoms with Gasteiger partial charge in [0.25, 0.3) is 0 Å². The van der Waals surface area contributed by atoms with Crippen LogP contribution in [0, 0.1) is 6.92 Å². The lowest BCUT2D eigenvalue weighted by Gasteiger charge is -2.24. The summed E-state index contributed by atoms with van der Waals surface area (Å²) in [6.45, 7) is 9.56. The Balaban J connectivity index is 2.26. The summed E-state index contributed by atoms with van der Waals surface area (Å²) in [5.41, 5.74) is 0.714. The molecule has 0 aliphatic heterocycles. The summed E-state index contributed by atoms with van der Waals surface area (Å²) in [4.78, 5) is 17.5. The maximum atomic E-state index is 13.5. The highest BCUT2D eigenvalue weighted by Gasteiger charge is 2.43. The van der Waals surface area contributed by atoms with E-state index in [4.69, 9.17) is 4.74 Å². The van der Waals surface area contributed by atoms with Crippen LogP contribution in [0.3, 0.4) is 0 Å². The summed E-state index contributed by atoms with van der Waals surface area (Å²) in [5, 5.41) is 15.3. The van der Waals surface area contributed by atoms with Crippen molar-refractivity contribution >= 4 is 31.9 Å². The molecule has 0 saturated carbocycles. The number of hydrogen-bond acceptors (Lipinski definition) is 8. The Morgan fingerprint density at radius 3 is 2.45 bits per heavy atom. The number of sulfone groups is 1. The van der Waals surface area contributed by atoms with Gasteiger partial charge >= 0.3 is 0 Å². The third-order valence-corrected chi connectivity index (χ3v) is 8.98. The highest BCUT2D eigenvalue weighted by Crippen LogP contribution is 2.38. The van der Waals surface area contributed by atoms with Gasteiger partial charge < -0.3 is 9.84 Å². The van der Waals surface area contributed by atoms with Gasteiger partial charge in [-0.25, -0.2) is 17.9 Å². The summed E-state index contributed by atoms with van der Waals surface area (Å²) in [7, 11) is -2.66. The second-order valence-corrected chi connectivity index (χ2v) is 11.8. The average Bonchev–Trinajstić information content (AvgIpc) is 3.23. The molecule has 168 valence electrons. The Morgan fingerprint density at radius 2 is 1.90 bits per heavy atom. The van der Waals surface area contributed by atoms with Gasteiger partial charge in [-0.1, -0.05) is 18.3 Å². The number of Topliss-reactive ketones (excluding diaryl/α,β-unsaturated/α-hetero) is 1. The van der Waals surface area contributed by atoms with Crippen molar-refractivity contribution in [3.8, 4) is 17.0 Å². The number of aromatic nitrogens is 3. The van der Waals surface area contributed by atoms with Crippen molar-refractivity contribution in [1.82, 2.24) is 14.6 Å². The van der Waals surface area contributed by atoms with Crippen LogP contribution in [-0.4, -0.2) is 45.8 Å². The minimum atomic E-state index is -4.05. The van der Waals surface area contributed by atoms with E-state index in [-0.39, 0.29) is 22.8 Å². The zero-order chi connectivity index (χ0) is 23.4. The van der Waals surface area contributed by atoms with Gasteiger partial charge in [-0.05, 0) is 52.8 Å². The van der Waals surface area contributed by atoms with Crippen LogP contribution in [0.15, 0.2) is 23.1 Å². The van der Waals surface area contributed by atoms with E-state index >= 15 is 0 Å². The lowest BCUT2D eigenvalue weighted by molar-refractivity contribution is -0.120. The molecule has 0 atom stereocenters. The zero-order valence-electron chi connectivity index (χ0n) is 18.7. The molecule has 0 amide bonds. The molecule has 0 saturated heterocycles. The fraction of sp³-hybridized carbons (Fsp3) is 0.476. The van der Waals surface area contributed by atoms with Crippen LogP contribution in [0.4, 0.5) is 0 Å². The number of ether oxygens (including phenoxy) is 1. The first-order valence-electron chi connectivity index (χ1n) is 9.81. The standard InChI is InChI=1S/C21H27N3O5S2/c1-8-16(25)21(5,6)31(27,28)15-11-13(9-10-14(15)29-7)17-12(2)22-19-24(17)23-18(30-19)20(3,4)26/h9-11,26H,8H2,1-7H3. The number of carbonyl (C=O) groups is 1. The number of methoxy groups -OCH3 is 1. The predicted octanol–water partition coefficient (Wildman–Crippen LogP) is 3.53. The second-order valence-electron chi connectivity index (χ2n) is 8.36. The van der Waals surface area contributed by atoms with Crippen molar-refractivity contribution < 1.29 is 23.1 Å². The van der Waals surface area contributed by atoms with Gasteiger partial charge in [0.05, 0.1) is 18.5 Å². The molecule has 10 heteroatoms. The molecule has 0 fully saturated rings. The summed E-state index contributed by atoms with van der Waals surface area (Å²) in [6, 6.07) is 4.79. The lowest BCUT2D eigenvalue weighted by Crippen LogP contribution is -2.40. The zero-order valence-corrected chi connectivity index (χ0v) is 20.3. The quantitative estimate of drug-likeness (QED) is 0.568. The van der Waals surface area contributed by atoms with E-state index in [1.54, 1.807) is 37.4 Å². The minimum absolute atomic E-state index is 0.0633. The van der Waals surface area contributed by atoms with Crippen molar-refractivity contribution in [3.63, 3.8) is 0 Å². The molecule has 3 aromatic rings. The first kappa shape index (κ1) is 23.4. The van der Waals surface area contributed by atoms with Crippen molar-refractivity contribution in [2.45, 2.75) is 63.2 Å². The molecule has 1 N–H and O–H groups in total. The van der Waals surface area contributed by atoms with Crippen LogP contribution in [0.1, 0.15) is 51.7 Å². The average molecular weight is 466 g/mol. The predicted molar refractivity (Wildman–Crippen MR) is 119 cm³/mol. The first-order chi connectivity index (χ1) is 14.3. The SMILES string of the molecule is CCC(=O)C(C)(C)S(=O)(=O)c1cc(-c2c(C)nc3sc(C(C)(C)O)nn23)ccc1OC. The van der Waals surface area contributed by atoms with Crippen LogP contribution in [0.5, 0.6) is 5.75 Å². The van der Waals surface area contributed by atoms with Gasteiger partial charge in [0.2, 0.25) is 4.96 Å². The molecule has 0 bridgehead atoms. The third kappa shape index (κ3) is 3.77. The van der Waals surface area contributed by atoms with E-state index in [1.807, 2.05) is 6.92 Å². The molecule has 0 aliphatic carbocycles. The molecule has 31 heavy (non-hydrogen) atoms. The lowest BCUT2D eigenvalue weighted by atomic mass is 10.1. The van der Waals surface area contributed by atoms with E-state index < -0.39 is 20.2 Å². The molecule has 1 aromatic carbocycles. The molecule has 0 unspecified atom stereocenters. The topological polar surface area (TPSA) is 111 Å². The normalized spacial score (nSPS) is 13.0. The summed E-state index contributed by atoms with van der Waals surface area (Å²) >= 11 is 1.27. The maximum absolute atomic E-state index is 13.5. The highest BCUT2D eigenvalue weighted by atomic mass is 32.2. The molecule has 0 radical (unpaired) electrons. The van der Waals surface area contributed by atoms with Crippen molar-refractivity contribution in [2.75, 3.05) is 7.11 Å². The van der Waals surface area contributed by atoms with Crippen molar-refractivity contribution in [1.29, 1.82) is 0 Å². The molecular weight excluding hydrogens is 438 g/mol. The second kappa shape index (κ2) is 7.68. The van der Waals surface area contributed by atoms with E-state index in [9.17, 15) is 18.3 Å². The minimum Gasteiger partial charge on any atom is -0.495 e. The number of aryl methyl sites for hydroxylation is 1. The smallest absolute Gasteiger partial charge is 0.213 e. The number of imidazole rings is 1. The number of aliphatic hydroxyl groups is 1. The van der Waals surface area contributed by atoms with Crippen LogP contribution < -0.4 is 4.74 Å². The van der Waals surface area contributed by atoms with Crippen LogP contribution in [0.25, 0.3) is 16.2 Å². The first-order valence-corrected chi connectivity index (χ1v) is 12.1. The van der Waals surface area contributed by atoms with Gasteiger partial charge in [0.1, 0.15) is 26.0 Å². The van der Waals surface area contributed by atoms with Gasteiger partial charge in [-0.2, -0.15) is 5.10 Å². The molecule has 2 aromatic heterocycles. The Kier molecular flexibility index (Phi) is 5.79. The van der Waals surface area contributed by atoms with Crippen molar-refractivity contribution in [3.05, 3.63) is 28.9 Å². The Hall–Kier alpha value is -2.30. The fourth-order valence-corrected chi connectivity index (χ4v) is 5.95. The molecular formula is C21H27N3O5S2. The number of rotatable bonds is 7. The number of benzene rings is 1. The van der Waals surface area contributed by atoms with E-state index in [0.717, 1.165) is 0 Å². The van der Waals surface area contributed by atoms with E-state index in [0.29, 0.717) is 26.9 Å². The van der Waals surface area contributed by atoms with Crippen LogP contribution in [0.2, 0.25) is 0 Å². The van der Waals surface area contributed by atoms with Crippen LogP contribution >= 0.6 is 11.3 Å². The fourth-order valence-electron chi connectivity index (χ4n) is 3.31. The summed E-state index contributed by atoms with van der Waals surface area (Å²) in [6.07, 6.45) is 0.106. The molecule has 0 aliphatic rings. The maximum Gasteiger partial charge on any atom is 0.213 e. The molecule has 2 heterocycles. The molecule has 8 nitrogen and oxygen atoms in total. The van der Waals surface area contributed by atoms with E-state index in [1.165, 1.54) is 38.4 Å². The van der Waals surface area contributed by atoms with Gasteiger partial charge in [0.15, 0.2) is 15.6 Å². The van der Waals surface area contributed by atoms with Gasteiger partial charge in [-0.15, -0.1) is 0 Å². The Morgan fingerprint density at radius 1 is 1.26 bits per heavy atom. The molecule has 3 rings (SSSR count). The van der Waals surface area contributed by atoms with E-state index in [2.05, 4.69) is 10.1 Å². The Labute approximate surface area is 185 Å². The third-order valence-electron chi connectivity index (χ3n) is 5.29. The number of nitrogens with zero attached hydrogens (tertiary/aromatic N) is 3. The van der Waals surface area contributed by atoms with Gasteiger partial charge in [-0.3, -0.25) is 4.79 Å². The highest BCUT2D eigenvalue weighted by molar-refractivity contribution is 7.93. The largest absolute Gasteiger partial charge is 0.495 e. The van der Waals surface area contributed by atoms with Crippen LogP contribution in [-0.2, 0) is 20.2 Å².